The fourth-order valence-corrected chi connectivity index (χ4v) is 3.21. The fraction of sp³-hybridized carbons (Fsp3) is 0.647. The fourth-order valence-electron chi connectivity index (χ4n) is 2.29. The van der Waals surface area contributed by atoms with Gasteiger partial charge in [0.2, 0.25) is 0 Å². The second-order valence-electron chi connectivity index (χ2n) is 5.62. The molecule has 0 aliphatic carbocycles. The van der Waals surface area contributed by atoms with Crippen LogP contribution in [-0.4, -0.2) is 31.6 Å². The van der Waals surface area contributed by atoms with Gasteiger partial charge in [0, 0.05) is 29.8 Å². The zero-order valence-electron chi connectivity index (χ0n) is 13.9. The molecule has 21 heavy (non-hydrogen) atoms. The first-order valence-electron chi connectivity index (χ1n) is 7.75. The summed E-state index contributed by atoms with van der Waals surface area (Å²) < 4.78 is 0. The number of benzene rings is 1. The van der Waals surface area contributed by atoms with Crippen molar-refractivity contribution in [2.24, 2.45) is 0 Å². The third-order valence-electron chi connectivity index (χ3n) is 3.96. The molecule has 0 fully saturated rings. The van der Waals surface area contributed by atoms with Crippen LogP contribution in [0.4, 0.5) is 5.69 Å². The Labute approximate surface area is 139 Å². The zero-order valence-corrected chi connectivity index (χ0v) is 15.5. The molecule has 0 spiro atoms. The summed E-state index contributed by atoms with van der Waals surface area (Å²) in [4.78, 5) is 2.32. The minimum atomic E-state index is 0.297. The number of anilines is 1. The van der Waals surface area contributed by atoms with E-state index in [9.17, 15) is 0 Å². The highest BCUT2D eigenvalue weighted by Gasteiger charge is 2.13. The topological polar surface area (TPSA) is 15.3 Å². The summed E-state index contributed by atoms with van der Waals surface area (Å²) in [6.07, 6.45) is 4.48. The lowest BCUT2D eigenvalue weighted by Gasteiger charge is -2.28. The van der Waals surface area contributed by atoms with E-state index < -0.39 is 0 Å². The Morgan fingerprint density at radius 1 is 1.33 bits per heavy atom. The summed E-state index contributed by atoms with van der Waals surface area (Å²) >= 11 is 8.38. The molecular weight excluding hydrogens is 300 g/mol. The van der Waals surface area contributed by atoms with Gasteiger partial charge in [0.15, 0.2) is 0 Å². The molecule has 0 heterocycles. The molecule has 0 radical (unpaired) electrons. The van der Waals surface area contributed by atoms with Crippen LogP contribution in [0.3, 0.4) is 0 Å². The first-order chi connectivity index (χ1) is 10.0. The molecule has 0 aliphatic rings. The van der Waals surface area contributed by atoms with Crippen molar-refractivity contribution in [3.63, 3.8) is 0 Å². The molecule has 1 aromatic carbocycles. The lowest BCUT2D eigenvalue weighted by molar-refractivity contribution is 0.570. The van der Waals surface area contributed by atoms with Crippen LogP contribution in [-0.2, 0) is 0 Å². The van der Waals surface area contributed by atoms with E-state index in [0.717, 1.165) is 18.0 Å². The van der Waals surface area contributed by atoms with Crippen LogP contribution in [0.5, 0.6) is 0 Å². The lowest BCUT2D eigenvalue weighted by Crippen LogP contribution is -2.29. The normalized spacial score (nSPS) is 14.0. The van der Waals surface area contributed by atoms with Gasteiger partial charge in [-0.2, -0.15) is 11.8 Å². The maximum atomic E-state index is 6.49. The molecule has 1 N–H and O–H groups in total. The summed E-state index contributed by atoms with van der Waals surface area (Å²) in [5.41, 5.74) is 2.37. The molecule has 120 valence electrons. The quantitative estimate of drug-likeness (QED) is 0.688. The van der Waals surface area contributed by atoms with Crippen molar-refractivity contribution in [2.75, 3.05) is 30.5 Å². The smallest absolute Gasteiger partial charge is 0.0474 e. The molecule has 2 unspecified atom stereocenters. The molecule has 0 bridgehead atoms. The van der Waals surface area contributed by atoms with Gasteiger partial charge in [-0.1, -0.05) is 24.6 Å². The van der Waals surface area contributed by atoms with E-state index in [-0.39, 0.29) is 0 Å². The maximum Gasteiger partial charge on any atom is 0.0474 e. The summed E-state index contributed by atoms with van der Waals surface area (Å²) in [6.45, 7) is 7.63. The Morgan fingerprint density at radius 3 is 2.62 bits per heavy atom. The molecule has 4 heteroatoms. The lowest BCUT2D eigenvalue weighted by atomic mass is 10.1. The van der Waals surface area contributed by atoms with E-state index in [1.165, 1.54) is 23.4 Å². The van der Waals surface area contributed by atoms with Gasteiger partial charge in [-0.15, -0.1) is 0 Å². The first kappa shape index (κ1) is 18.7. The van der Waals surface area contributed by atoms with E-state index in [1.807, 2.05) is 11.8 Å². The minimum Gasteiger partial charge on any atom is -0.372 e. The molecule has 0 aromatic heterocycles. The van der Waals surface area contributed by atoms with Crippen LogP contribution in [0.1, 0.15) is 45.2 Å². The number of hydrogen-bond donors (Lipinski definition) is 1. The van der Waals surface area contributed by atoms with Crippen molar-refractivity contribution in [1.82, 2.24) is 5.32 Å². The summed E-state index contributed by atoms with van der Waals surface area (Å²) in [5, 5.41) is 4.34. The molecule has 1 rings (SSSR count). The SMILES string of the molecule is CCCNC(C)c1ccc(N(C)C(C)CCSC)cc1Cl. The Kier molecular flexibility index (Phi) is 8.53. The predicted octanol–water partition coefficient (Wildman–Crippen LogP) is 4.98. The number of rotatable bonds is 9. The third kappa shape index (κ3) is 5.72. The van der Waals surface area contributed by atoms with Crippen LogP contribution >= 0.6 is 23.4 Å². The highest BCUT2D eigenvalue weighted by Crippen LogP contribution is 2.28. The third-order valence-corrected chi connectivity index (χ3v) is 4.93. The van der Waals surface area contributed by atoms with Gasteiger partial charge in [0.05, 0.1) is 0 Å². The second kappa shape index (κ2) is 9.60. The molecule has 0 saturated carbocycles. The van der Waals surface area contributed by atoms with Crippen LogP contribution < -0.4 is 10.2 Å². The maximum absolute atomic E-state index is 6.49. The standard InChI is InChI=1S/C17H29ClN2S/c1-6-10-19-14(3)16-8-7-15(12-17(16)18)20(4)13(2)9-11-21-5/h7-8,12-14,19H,6,9-11H2,1-5H3. The van der Waals surface area contributed by atoms with E-state index in [0.29, 0.717) is 12.1 Å². The van der Waals surface area contributed by atoms with Crippen molar-refractivity contribution in [3.8, 4) is 0 Å². The number of hydrogen-bond acceptors (Lipinski definition) is 3. The van der Waals surface area contributed by atoms with Crippen LogP contribution in [0.25, 0.3) is 0 Å². The largest absolute Gasteiger partial charge is 0.372 e. The summed E-state index contributed by atoms with van der Waals surface area (Å²) in [6, 6.07) is 7.25. The number of halogens is 1. The van der Waals surface area contributed by atoms with E-state index >= 15 is 0 Å². The van der Waals surface area contributed by atoms with Crippen molar-refractivity contribution in [2.45, 2.75) is 45.7 Å². The molecule has 2 atom stereocenters. The Hall–Kier alpha value is -0.380. The molecular formula is C17H29ClN2S. The summed E-state index contributed by atoms with van der Waals surface area (Å²) in [5.74, 6) is 1.19. The van der Waals surface area contributed by atoms with Gasteiger partial charge in [-0.3, -0.25) is 0 Å². The monoisotopic (exact) mass is 328 g/mol. The highest BCUT2D eigenvalue weighted by molar-refractivity contribution is 7.98. The van der Waals surface area contributed by atoms with Crippen molar-refractivity contribution >= 4 is 29.1 Å². The molecule has 0 amide bonds. The van der Waals surface area contributed by atoms with Gasteiger partial charge in [0.1, 0.15) is 0 Å². The van der Waals surface area contributed by atoms with Crippen molar-refractivity contribution < 1.29 is 0 Å². The first-order valence-corrected chi connectivity index (χ1v) is 9.53. The average molecular weight is 329 g/mol. The average Bonchev–Trinajstić information content (AvgIpc) is 2.49. The van der Waals surface area contributed by atoms with Gasteiger partial charge in [-0.25, -0.2) is 0 Å². The van der Waals surface area contributed by atoms with E-state index in [1.54, 1.807) is 0 Å². The van der Waals surface area contributed by atoms with Gasteiger partial charge >= 0.3 is 0 Å². The van der Waals surface area contributed by atoms with Gasteiger partial charge < -0.3 is 10.2 Å². The summed E-state index contributed by atoms with van der Waals surface area (Å²) in [7, 11) is 2.15. The van der Waals surface area contributed by atoms with Gasteiger partial charge in [-0.05, 0) is 62.9 Å². The number of nitrogens with one attached hydrogen (secondary N) is 1. The molecule has 0 aliphatic heterocycles. The second-order valence-corrected chi connectivity index (χ2v) is 7.02. The predicted molar refractivity (Wildman–Crippen MR) is 99.0 cm³/mol. The minimum absolute atomic E-state index is 0.297. The number of thioether (sulfide) groups is 1. The van der Waals surface area contributed by atoms with Crippen molar-refractivity contribution in [3.05, 3.63) is 28.8 Å². The molecule has 1 aromatic rings. The van der Waals surface area contributed by atoms with Crippen LogP contribution in [0.2, 0.25) is 5.02 Å². The van der Waals surface area contributed by atoms with Crippen LogP contribution in [0.15, 0.2) is 18.2 Å². The Morgan fingerprint density at radius 2 is 2.05 bits per heavy atom. The Bertz CT molecular complexity index is 425. The molecule has 2 nitrogen and oxygen atoms in total. The van der Waals surface area contributed by atoms with Crippen LogP contribution in [0, 0.1) is 0 Å². The van der Waals surface area contributed by atoms with E-state index in [2.05, 4.69) is 62.5 Å². The number of nitrogens with zero attached hydrogens (tertiary/aromatic N) is 1. The molecule has 0 saturated heterocycles. The van der Waals surface area contributed by atoms with Crippen molar-refractivity contribution in [1.29, 1.82) is 0 Å². The van der Waals surface area contributed by atoms with E-state index in [4.69, 9.17) is 11.6 Å². The zero-order chi connectivity index (χ0) is 15.8. The highest BCUT2D eigenvalue weighted by atomic mass is 35.5. The Balaban J connectivity index is 2.76. The van der Waals surface area contributed by atoms with Gasteiger partial charge in [0.25, 0.3) is 0 Å².